The third kappa shape index (κ3) is 2.84. The van der Waals surface area contributed by atoms with Crippen LogP contribution in [0.2, 0.25) is 0 Å². The number of para-hydroxylation sites is 2. The lowest BCUT2D eigenvalue weighted by atomic mass is 10.2. The molecule has 0 saturated heterocycles. The lowest BCUT2D eigenvalue weighted by Crippen LogP contribution is -2.48. The van der Waals surface area contributed by atoms with Gasteiger partial charge in [0, 0.05) is 0 Å². The molecule has 2 heterocycles. The summed E-state index contributed by atoms with van der Waals surface area (Å²) < 4.78 is 16.2. The van der Waals surface area contributed by atoms with Crippen LogP contribution in [0.5, 0.6) is 11.5 Å². The van der Waals surface area contributed by atoms with Crippen LogP contribution in [0.15, 0.2) is 53.7 Å². The van der Waals surface area contributed by atoms with Crippen molar-refractivity contribution >= 4 is 11.6 Å². The maximum Gasteiger partial charge on any atom is 0.282 e. The Kier molecular flexibility index (Phi) is 3.51. The van der Waals surface area contributed by atoms with E-state index in [-0.39, 0.29) is 12.5 Å². The number of hydrogen-bond donors (Lipinski definition) is 2. The third-order valence-corrected chi connectivity index (χ3v) is 2.96. The second-order valence-corrected chi connectivity index (χ2v) is 4.43. The van der Waals surface area contributed by atoms with Crippen molar-refractivity contribution < 1.29 is 18.7 Å². The molecule has 0 aliphatic carbocycles. The Morgan fingerprint density at radius 1 is 1.14 bits per heavy atom. The minimum absolute atomic E-state index is 0.151. The molecule has 1 amide bonds. The summed E-state index contributed by atoms with van der Waals surface area (Å²) in [4.78, 5) is 12.0. The number of ether oxygens (including phenoxy) is 2. The number of benzene rings is 1. The van der Waals surface area contributed by atoms with E-state index in [4.69, 9.17) is 13.9 Å². The highest BCUT2D eigenvalue weighted by molar-refractivity contribution is 5.82. The van der Waals surface area contributed by atoms with Crippen LogP contribution in [-0.4, -0.2) is 18.6 Å². The number of carbonyl (C=O) groups excluding carboxylic acids is 1. The molecule has 1 aromatic carbocycles. The van der Waals surface area contributed by atoms with Crippen LogP contribution in [-0.2, 0) is 4.79 Å². The molecule has 108 valence electrons. The van der Waals surface area contributed by atoms with Gasteiger partial charge >= 0.3 is 0 Å². The Bertz CT molecular complexity index is 651. The Balaban J connectivity index is 1.56. The van der Waals surface area contributed by atoms with Crippen molar-refractivity contribution in [2.45, 2.75) is 6.10 Å². The molecule has 0 bridgehead atoms. The number of amides is 1. The highest BCUT2D eigenvalue weighted by Crippen LogP contribution is 2.30. The summed E-state index contributed by atoms with van der Waals surface area (Å²) in [5.74, 6) is 1.38. The van der Waals surface area contributed by atoms with E-state index in [1.807, 2.05) is 12.1 Å². The van der Waals surface area contributed by atoms with Gasteiger partial charge in [-0.05, 0) is 24.3 Å². The molecule has 3 rings (SSSR count). The van der Waals surface area contributed by atoms with Gasteiger partial charge in [0.1, 0.15) is 6.61 Å². The Hall–Kier alpha value is -2.89. The van der Waals surface area contributed by atoms with E-state index in [2.05, 4.69) is 17.4 Å². The van der Waals surface area contributed by atoms with Crippen molar-refractivity contribution in [3.8, 4) is 11.5 Å². The molecule has 0 fully saturated rings. The maximum absolute atomic E-state index is 12.0. The first-order chi connectivity index (χ1) is 10.2. The number of hydrazine groups is 1. The molecule has 0 radical (unpaired) electrons. The van der Waals surface area contributed by atoms with Crippen molar-refractivity contribution in [1.29, 1.82) is 0 Å². The fourth-order valence-electron chi connectivity index (χ4n) is 1.88. The number of hydrogen-bond acceptors (Lipinski definition) is 5. The van der Waals surface area contributed by atoms with Crippen LogP contribution in [0, 0.1) is 0 Å². The lowest BCUT2D eigenvalue weighted by Gasteiger charge is -2.25. The normalized spacial score (nSPS) is 16.1. The minimum atomic E-state index is -0.725. The molecule has 1 atom stereocenters. The van der Waals surface area contributed by atoms with E-state index < -0.39 is 6.10 Å². The van der Waals surface area contributed by atoms with Gasteiger partial charge in [-0.2, -0.15) is 0 Å². The van der Waals surface area contributed by atoms with E-state index in [1.54, 1.807) is 24.3 Å². The zero-order chi connectivity index (χ0) is 14.7. The quantitative estimate of drug-likeness (QED) is 0.837. The molecular formula is C15H14N2O4. The van der Waals surface area contributed by atoms with Gasteiger partial charge in [0.05, 0.1) is 12.0 Å². The number of carbonyl (C=O) groups is 1. The SMILES string of the molecule is C=C(NNC(=O)[C@H]1COc2ccccc2O1)c1ccco1. The average Bonchev–Trinajstić information content (AvgIpc) is 3.06. The highest BCUT2D eigenvalue weighted by Gasteiger charge is 2.27. The van der Waals surface area contributed by atoms with Crippen LogP contribution < -0.4 is 20.3 Å². The van der Waals surface area contributed by atoms with Crippen LogP contribution in [0.4, 0.5) is 0 Å². The third-order valence-electron chi connectivity index (χ3n) is 2.96. The van der Waals surface area contributed by atoms with E-state index >= 15 is 0 Å². The number of fused-ring (bicyclic) bond motifs is 1. The first-order valence-corrected chi connectivity index (χ1v) is 6.41. The fraction of sp³-hybridized carbons (Fsp3) is 0.133. The summed E-state index contributed by atoms with van der Waals surface area (Å²) in [6.45, 7) is 3.91. The van der Waals surface area contributed by atoms with Crippen molar-refractivity contribution in [1.82, 2.24) is 10.9 Å². The molecule has 1 aliphatic heterocycles. The first kappa shape index (κ1) is 13.1. The molecule has 1 aliphatic rings. The summed E-state index contributed by atoms with van der Waals surface area (Å²) in [6, 6.07) is 10.7. The van der Waals surface area contributed by atoms with Crippen molar-refractivity contribution in [2.24, 2.45) is 0 Å². The van der Waals surface area contributed by atoms with E-state index in [0.717, 1.165) is 0 Å². The van der Waals surface area contributed by atoms with E-state index in [1.165, 1.54) is 6.26 Å². The van der Waals surface area contributed by atoms with Gasteiger partial charge in [-0.3, -0.25) is 15.6 Å². The standard InChI is InChI=1S/C15H14N2O4/c1-10(11-7-4-8-19-11)16-17-15(18)14-9-20-12-5-2-3-6-13(12)21-14/h2-8,14,16H,1,9H2,(H,17,18)/t14-/m1/s1. The topological polar surface area (TPSA) is 72.7 Å². The van der Waals surface area contributed by atoms with Gasteiger partial charge in [-0.25, -0.2) is 0 Å². The Morgan fingerprint density at radius 2 is 1.95 bits per heavy atom. The summed E-state index contributed by atoms with van der Waals surface area (Å²) in [7, 11) is 0. The van der Waals surface area contributed by atoms with Crippen molar-refractivity contribution in [3.63, 3.8) is 0 Å². The summed E-state index contributed by atoms with van der Waals surface area (Å²) >= 11 is 0. The molecule has 6 heteroatoms. The monoisotopic (exact) mass is 286 g/mol. The fourth-order valence-corrected chi connectivity index (χ4v) is 1.88. The smallest absolute Gasteiger partial charge is 0.282 e. The second kappa shape index (κ2) is 5.62. The highest BCUT2D eigenvalue weighted by atomic mass is 16.6. The molecule has 0 unspecified atom stereocenters. The zero-order valence-corrected chi connectivity index (χ0v) is 11.2. The van der Waals surface area contributed by atoms with Crippen LogP contribution >= 0.6 is 0 Å². The number of rotatable bonds is 4. The molecule has 0 saturated carbocycles. The molecule has 6 nitrogen and oxygen atoms in total. The molecule has 21 heavy (non-hydrogen) atoms. The summed E-state index contributed by atoms with van der Waals surface area (Å²) in [5.41, 5.74) is 5.65. The summed E-state index contributed by atoms with van der Waals surface area (Å²) in [6.07, 6.45) is 0.802. The largest absolute Gasteiger partial charge is 0.485 e. The van der Waals surface area contributed by atoms with Gasteiger partial charge in [-0.15, -0.1) is 0 Å². The zero-order valence-electron chi connectivity index (χ0n) is 11.2. The van der Waals surface area contributed by atoms with Crippen LogP contribution in [0.1, 0.15) is 5.76 Å². The predicted octanol–water partition coefficient (Wildman–Crippen LogP) is 1.71. The van der Waals surface area contributed by atoms with E-state index in [0.29, 0.717) is 23.0 Å². The van der Waals surface area contributed by atoms with Gasteiger partial charge in [0.2, 0.25) is 6.10 Å². The Morgan fingerprint density at radius 3 is 2.71 bits per heavy atom. The predicted molar refractivity (Wildman–Crippen MR) is 75.4 cm³/mol. The van der Waals surface area contributed by atoms with Crippen molar-refractivity contribution in [3.05, 3.63) is 55.0 Å². The van der Waals surface area contributed by atoms with E-state index in [9.17, 15) is 4.79 Å². The van der Waals surface area contributed by atoms with Gasteiger partial charge in [0.15, 0.2) is 17.3 Å². The lowest BCUT2D eigenvalue weighted by molar-refractivity contribution is -0.131. The molecule has 0 spiro atoms. The van der Waals surface area contributed by atoms with Gasteiger partial charge < -0.3 is 13.9 Å². The first-order valence-electron chi connectivity index (χ1n) is 6.41. The number of nitrogens with one attached hydrogen (secondary N) is 2. The molecule has 2 aromatic rings. The maximum atomic E-state index is 12.0. The van der Waals surface area contributed by atoms with Crippen LogP contribution in [0.25, 0.3) is 5.70 Å². The Labute approximate surface area is 121 Å². The summed E-state index contributed by atoms with van der Waals surface area (Å²) in [5, 5.41) is 0. The minimum Gasteiger partial charge on any atom is -0.485 e. The molecule has 2 N–H and O–H groups in total. The molecular weight excluding hydrogens is 272 g/mol. The van der Waals surface area contributed by atoms with Crippen LogP contribution in [0.3, 0.4) is 0 Å². The van der Waals surface area contributed by atoms with Gasteiger partial charge in [-0.1, -0.05) is 18.7 Å². The molecule has 1 aromatic heterocycles. The second-order valence-electron chi connectivity index (χ2n) is 4.43. The average molecular weight is 286 g/mol. The van der Waals surface area contributed by atoms with Crippen molar-refractivity contribution in [2.75, 3.05) is 6.61 Å². The number of furan rings is 1. The van der Waals surface area contributed by atoms with Gasteiger partial charge in [0.25, 0.3) is 5.91 Å².